The van der Waals surface area contributed by atoms with E-state index in [4.69, 9.17) is 15.3 Å². The summed E-state index contributed by atoms with van der Waals surface area (Å²) < 4.78 is 0. The zero-order chi connectivity index (χ0) is 19.7. The first-order valence-corrected chi connectivity index (χ1v) is 6.86. The van der Waals surface area contributed by atoms with Gasteiger partial charge in [0.2, 0.25) is 0 Å². The molecular formula is C15H20O10. The number of rotatable bonds is 11. The van der Waals surface area contributed by atoms with Crippen molar-refractivity contribution >= 4 is 17.9 Å². The number of carboxylic acid groups (broad SMARTS) is 3. The fourth-order valence-corrected chi connectivity index (χ4v) is 2.10. The number of aliphatic hydroxyl groups excluding tert-OH is 4. The molecule has 0 aliphatic carbocycles. The molecule has 0 fully saturated rings. The standard InChI is InChI=1S/C15H20O10/c16-6-10(13(24)25)5-14(3-1-11(20)21,4-2-12(22)23)15(7-17,8-18)9-19/h1-5,16-19H,6-9H2,(H,20,21)(H,22,23)(H,24,25). The minimum atomic E-state index is -2.04. The van der Waals surface area contributed by atoms with E-state index in [-0.39, 0.29) is 0 Å². The Hall–Kier alpha value is -2.53. The Kier molecular flexibility index (Phi) is 8.71. The lowest BCUT2D eigenvalue weighted by molar-refractivity contribution is -0.133. The number of allylic oxidation sites excluding steroid dienone is 3. The van der Waals surface area contributed by atoms with E-state index in [1.54, 1.807) is 0 Å². The molecule has 0 aromatic carbocycles. The fraction of sp³-hybridized carbons (Fsp3) is 0.400. The highest BCUT2D eigenvalue weighted by atomic mass is 16.4. The average Bonchev–Trinajstić information content (AvgIpc) is 2.56. The van der Waals surface area contributed by atoms with Crippen LogP contribution in [0.1, 0.15) is 0 Å². The molecule has 0 saturated heterocycles. The Balaban J connectivity index is 6.87. The van der Waals surface area contributed by atoms with Gasteiger partial charge < -0.3 is 35.7 Å². The Morgan fingerprint density at radius 2 is 1.16 bits per heavy atom. The van der Waals surface area contributed by atoms with Gasteiger partial charge >= 0.3 is 17.9 Å². The highest BCUT2D eigenvalue weighted by Crippen LogP contribution is 2.44. The van der Waals surface area contributed by atoms with Crippen LogP contribution in [0.5, 0.6) is 0 Å². The van der Waals surface area contributed by atoms with Crippen molar-refractivity contribution in [2.24, 2.45) is 10.8 Å². The second kappa shape index (κ2) is 9.69. The van der Waals surface area contributed by atoms with Gasteiger partial charge in [0.25, 0.3) is 0 Å². The Morgan fingerprint density at radius 3 is 1.40 bits per heavy atom. The molecule has 10 nitrogen and oxygen atoms in total. The minimum Gasteiger partial charge on any atom is -0.478 e. The third kappa shape index (κ3) is 5.50. The average molecular weight is 360 g/mol. The van der Waals surface area contributed by atoms with E-state index in [1.807, 2.05) is 0 Å². The van der Waals surface area contributed by atoms with Gasteiger partial charge in [-0.2, -0.15) is 0 Å². The normalized spacial score (nSPS) is 15.4. The van der Waals surface area contributed by atoms with E-state index in [9.17, 15) is 34.8 Å². The summed E-state index contributed by atoms with van der Waals surface area (Å²) in [5.74, 6) is -4.56. The molecule has 10 heteroatoms. The molecule has 25 heavy (non-hydrogen) atoms. The van der Waals surface area contributed by atoms with E-state index >= 15 is 0 Å². The molecule has 0 unspecified atom stereocenters. The highest BCUT2D eigenvalue weighted by molar-refractivity contribution is 5.87. The molecule has 0 bridgehead atoms. The molecule has 0 radical (unpaired) electrons. The van der Waals surface area contributed by atoms with Gasteiger partial charge in [-0.05, 0) is 0 Å². The maximum Gasteiger partial charge on any atom is 0.333 e. The number of aliphatic hydroxyl groups is 4. The number of hydrogen-bond acceptors (Lipinski definition) is 7. The molecular weight excluding hydrogens is 340 g/mol. The molecule has 0 rings (SSSR count). The van der Waals surface area contributed by atoms with Crippen LogP contribution in [0.4, 0.5) is 0 Å². The van der Waals surface area contributed by atoms with Gasteiger partial charge in [-0.3, -0.25) is 0 Å². The molecule has 0 atom stereocenters. The lowest BCUT2D eigenvalue weighted by Crippen LogP contribution is -2.48. The molecule has 7 N–H and O–H groups in total. The highest BCUT2D eigenvalue weighted by Gasteiger charge is 2.47. The number of carboxylic acids is 3. The summed E-state index contributed by atoms with van der Waals surface area (Å²) in [4.78, 5) is 32.9. The lowest BCUT2D eigenvalue weighted by Gasteiger charge is -2.43. The van der Waals surface area contributed by atoms with E-state index in [1.165, 1.54) is 0 Å². The molecule has 0 aromatic heterocycles. The largest absolute Gasteiger partial charge is 0.478 e. The van der Waals surface area contributed by atoms with Crippen molar-refractivity contribution in [1.29, 1.82) is 0 Å². The summed E-state index contributed by atoms with van der Waals surface area (Å²) in [6.45, 7) is -3.87. The van der Waals surface area contributed by atoms with Crippen LogP contribution < -0.4 is 0 Å². The fourth-order valence-electron chi connectivity index (χ4n) is 2.10. The molecule has 0 amide bonds. The second-order valence-corrected chi connectivity index (χ2v) is 5.16. The molecule has 0 heterocycles. The van der Waals surface area contributed by atoms with Gasteiger partial charge in [0, 0.05) is 17.6 Å². The molecule has 0 saturated carbocycles. The maximum absolute atomic E-state index is 11.2. The predicted molar refractivity (Wildman–Crippen MR) is 82.5 cm³/mol. The number of carbonyl (C=O) groups is 3. The summed E-state index contributed by atoms with van der Waals surface area (Å²) in [7, 11) is 0. The van der Waals surface area contributed by atoms with Crippen LogP contribution in [-0.4, -0.2) is 80.1 Å². The van der Waals surface area contributed by atoms with Crippen molar-refractivity contribution in [1.82, 2.24) is 0 Å². The summed E-state index contributed by atoms with van der Waals surface area (Å²) in [6.07, 6.45) is 3.48. The first-order chi connectivity index (χ1) is 11.6. The topological polar surface area (TPSA) is 193 Å². The first-order valence-electron chi connectivity index (χ1n) is 6.86. The van der Waals surface area contributed by atoms with Crippen molar-refractivity contribution < 1.29 is 50.1 Å². The first kappa shape index (κ1) is 22.5. The van der Waals surface area contributed by atoms with Crippen molar-refractivity contribution in [3.8, 4) is 0 Å². The predicted octanol–water partition coefficient (Wildman–Crippen LogP) is -1.78. The third-order valence-electron chi connectivity index (χ3n) is 3.69. The van der Waals surface area contributed by atoms with E-state index in [0.717, 1.165) is 18.2 Å². The van der Waals surface area contributed by atoms with Crippen molar-refractivity contribution in [2.75, 3.05) is 26.4 Å². The molecule has 0 aliphatic heterocycles. The smallest absolute Gasteiger partial charge is 0.333 e. The monoisotopic (exact) mass is 360 g/mol. The van der Waals surface area contributed by atoms with Crippen LogP contribution in [0.25, 0.3) is 0 Å². The summed E-state index contributed by atoms with van der Waals surface area (Å²) in [5, 5.41) is 64.9. The van der Waals surface area contributed by atoms with Crippen molar-refractivity contribution in [2.45, 2.75) is 0 Å². The van der Waals surface area contributed by atoms with Crippen LogP contribution in [0, 0.1) is 10.8 Å². The Morgan fingerprint density at radius 1 is 0.760 bits per heavy atom. The van der Waals surface area contributed by atoms with Gasteiger partial charge in [0.1, 0.15) is 0 Å². The van der Waals surface area contributed by atoms with Gasteiger partial charge in [-0.25, -0.2) is 14.4 Å². The zero-order valence-corrected chi connectivity index (χ0v) is 13.1. The van der Waals surface area contributed by atoms with Crippen LogP contribution in [0.15, 0.2) is 36.0 Å². The van der Waals surface area contributed by atoms with Crippen LogP contribution >= 0.6 is 0 Å². The van der Waals surface area contributed by atoms with Crippen LogP contribution in [0.3, 0.4) is 0 Å². The maximum atomic E-state index is 11.2. The third-order valence-corrected chi connectivity index (χ3v) is 3.69. The van der Waals surface area contributed by atoms with E-state index < -0.39 is 60.7 Å². The van der Waals surface area contributed by atoms with E-state index in [0.29, 0.717) is 12.2 Å². The quantitative estimate of drug-likeness (QED) is 0.207. The molecule has 0 aromatic rings. The Bertz CT molecular complexity index is 551. The summed E-state index contributed by atoms with van der Waals surface area (Å²) >= 11 is 0. The second-order valence-electron chi connectivity index (χ2n) is 5.16. The molecule has 140 valence electrons. The number of aliphatic carboxylic acids is 3. The lowest BCUT2D eigenvalue weighted by atomic mass is 9.62. The zero-order valence-electron chi connectivity index (χ0n) is 13.1. The van der Waals surface area contributed by atoms with Crippen molar-refractivity contribution in [3.05, 3.63) is 36.0 Å². The van der Waals surface area contributed by atoms with E-state index in [2.05, 4.69) is 0 Å². The van der Waals surface area contributed by atoms with Crippen LogP contribution in [-0.2, 0) is 14.4 Å². The molecule has 0 aliphatic rings. The van der Waals surface area contributed by atoms with Gasteiger partial charge in [0.05, 0.1) is 37.4 Å². The summed E-state index contributed by atoms with van der Waals surface area (Å²) in [5.41, 5.74) is -4.66. The van der Waals surface area contributed by atoms with Crippen LogP contribution in [0.2, 0.25) is 0 Å². The van der Waals surface area contributed by atoms with Gasteiger partial charge in [-0.1, -0.05) is 18.2 Å². The van der Waals surface area contributed by atoms with Crippen molar-refractivity contribution in [3.63, 3.8) is 0 Å². The minimum absolute atomic E-state index is 0.537. The Labute approximate surface area is 142 Å². The molecule has 0 spiro atoms. The SMILES string of the molecule is O=C(O)C=CC(C=CC(=O)O)(C=C(CO)C(=O)O)C(CO)(CO)CO. The van der Waals surface area contributed by atoms with Gasteiger partial charge in [-0.15, -0.1) is 0 Å². The summed E-state index contributed by atoms with van der Waals surface area (Å²) in [6, 6.07) is 0. The number of hydrogen-bond donors (Lipinski definition) is 7. The van der Waals surface area contributed by atoms with Gasteiger partial charge in [0.15, 0.2) is 0 Å².